The van der Waals surface area contributed by atoms with E-state index in [0.717, 1.165) is 6.42 Å². The van der Waals surface area contributed by atoms with Gasteiger partial charge in [0.2, 0.25) is 5.91 Å². The number of anilines is 1. The van der Waals surface area contributed by atoms with E-state index in [1.807, 2.05) is 0 Å². The summed E-state index contributed by atoms with van der Waals surface area (Å²) >= 11 is 0. The summed E-state index contributed by atoms with van der Waals surface area (Å²) in [6.07, 6.45) is 0.837. The summed E-state index contributed by atoms with van der Waals surface area (Å²) in [5.74, 6) is -6.78. The number of ketones is 1. The first-order chi connectivity index (χ1) is 17.5. The van der Waals surface area contributed by atoms with Gasteiger partial charge in [0.05, 0.1) is 5.56 Å². The first kappa shape index (κ1) is 24.5. The molecule has 0 radical (unpaired) electrons. The van der Waals surface area contributed by atoms with Gasteiger partial charge in [-0.2, -0.15) is 10.6 Å². The minimum absolute atomic E-state index is 0.00512. The predicted octanol–water partition coefficient (Wildman–Crippen LogP) is 2.37. The molecule has 2 amide bonds. The summed E-state index contributed by atoms with van der Waals surface area (Å²) in [4.78, 5) is 60.7. The number of hydrogen-bond donors (Lipinski definition) is 4. The van der Waals surface area contributed by atoms with Gasteiger partial charge in [0.15, 0.2) is 5.82 Å². The van der Waals surface area contributed by atoms with E-state index >= 15 is 0 Å². The van der Waals surface area contributed by atoms with Crippen molar-refractivity contribution < 1.29 is 32.8 Å². The third-order valence-electron chi connectivity index (χ3n) is 7.13. The van der Waals surface area contributed by atoms with Gasteiger partial charge in [-0.1, -0.05) is 0 Å². The lowest BCUT2D eigenvalue weighted by Crippen LogP contribution is -2.69. The maximum Gasteiger partial charge on any atom is 0.379 e. The van der Waals surface area contributed by atoms with Gasteiger partial charge in [-0.3, -0.25) is 14.4 Å². The molecule has 2 atom stereocenters. The number of likely N-dealkylation sites (N-methyl/N-ethyl adjacent to an activating group) is 1. The number of pyridine rings is 1. The fraction of sp³-hybridized carbons (Fsp3) is 0.435. The second kappa shape index (κ2) is 8.42. The second-order valence-corrected chi connectivity index (χ2v) is 9.56. The highest BCUT2D eigenvalue weighted by atomic mass is 19.3. The van der Waals surface area contributed by atoms with Crippen LogP contribution in [0.3, 0.4) is 0 Å². The van der Waals surface area contributed by atoms with Crippen LogP contribution in [0.1, 0.15) is 57.4 Å². The number of rotatable bonds is 8. The lowest BCUT2D eigenvalue weighted by atomic mass is 9.72. The molecule has 2 aliphatic carbocycles. The lowest BCUT2D eigenvalue weighted by Gasteiger charge is -2.45. The first-order valence-electron chi connectivity index (χ1n) is 11.5. The van der Waals surface area contributed by atoms with E-state index < -0.39 is 47.9 Å². The minimum Gasteiger partial charge on any atom is -0.357 e. The van der Waals surface area contributed by atoms with E-state index in [1.165, 1.54) is 26.2 Å². The highest BCUT2D eigenvalue weighted by molar-refractivity contribution is 6.44. The summed E-state index contributed by atoms with van der Waals surface area (Å²) in [7, 11) is 1.25. The number of carbonyl (C=O) groups is 4. The molecule has 5 rings (SSSR count). The van der Waals surface area contributed by atoms with Crippen molar-refractivity contribution in [1.29, 1.82) is 5.53 Å². The molecule has 2 unspecified atom stereocenters. The molecule has 2 aromatic heterocycles. The Bertz CT molecular complexity index is 1360. The van der Waals surface area contributed by atoms with Crippen LogP contribution in [0.25, 0.3) is 0 Å². The summed E-state index contributed by atoms with van der Waals surface area (Å²) < 4.78 is 29.0. The molecule has 2 aromatic rings. The molecule has 0 aromatic carbocycles. The summed E-state index contributed by atoms with van der Waals surface area (Å²) in [6.45, 7) is 1.50. The molecule has 1 aliphatic heterocycles. The number of alkyl halides is 2. The Morgan fingerprint density at radius 2 is 2.00 bits per heavy atom. The highest BCUT2D eigenvalue weighted by Gasteiger charge is 2.62. The molecular formula is C23H23F2N7O5. The van der Waals surface area contributed by atoms with Crippen LogP contribution in [0.2, 0.25) is 0 Å². The van der Waals surface area contributed by atoms with Crippen LogP contribution in [0.15, 0.2) is 23.4 Å². The molecule has 2 saturated carbocycles. The van der Waals surface area contributed by atoms with Crippen molar-refractivity contribution in [3.05, 3.63) is 40.8 Å². The minimum atomic E-state index is -3.14. The summed E-state index contributed by atoms with van der Waals surface area (Å²) in [6, 6.07) is 3.01. The molecule has 4 N–H and O–H groups in total. The number of aromatic nitrogens is 2. The van der Waals surface area contributed by atoms with Crippen LogP contribution in [-0.4, -0.2) is 51.6 Å². The number of halogens is 2. The van der Waals surface area contributed by atoms with Crippen LogP contribution in [0.4, 0.5) is 20.3 Å². The lowest BCUT2D eigenvalue weighted by molar-refractivity contribution is -0.164. The summed E-state index contributed by atoms with van der Waals surface area (Å²) in [5.41, 5.74) is 8.56. The van der Waals surface area contributed by atoms with E-state index in [0.29, 0.717) is 12.1 Å². The standard InChI is InChI=1S/C23H23F2N7O5/c1-10-15(17(33)19(34)29-22(21(36)27-2)8-23(24,25)9-22)14-7-11-6-13(11)32(14)16(10)20(35)37-31-18-12(30-26)4-3-5-28-18/h3-5,11,13,26H,6-9H2,1-2H3,(H,27,36)(H,28,31)(H,29,34). The van der Waals surface area contributed by atoms with Crippen molar-refractivity contribution in [2.45, 2.75) is 50.1 Å². The number of fused-ring (bicyclic) bond motifs is 3. The van der Waals surface area contributed by atoms with Crippen molar-refractivity contribution >= 4 is 35.1 Å². The van der Waals surface area contributed by atoms with Gasteiger partial charge in [0, 0.05) is 37.8 Å². The number of hydrogen-bond acceptors (Lipinski definition) is 9. The van der Waals surface area contributed by atoms with E-state index in [9.17, 15) is 28.0 Å². The number of Topliss-reactive ketones (excluding diaryl/α,β-unsaturated/α-hetero) is 1. The molecule has 0 spiro atoms. The maximum atomic E-state index is 13.6. The van der Waals surface area contributed by atoms with Crippen molar-refractivity contribution in [3.8, 4) is 0 Å². The average Bonchev–Trinajstić information content (AvgIpc) is 3.43. The Balaban J connectivity index is 1.41. The Kier molecular flexibility index (Phi) is 5.57. The monoisotopic (exact) mass is 515 g/mol. The molecule has 2 fully saturated rings. The number of amides is 2. The van der Waals surface area contributed by atoms with Gasteiger partial charge in [-0.25, -0.2) is 24.1 Å². The number of nitrogens with zero attached hydrogens (tertiary/aromatic N) is 3. The smallest absolute Gasteiger partial charge is 0.357 e. The zero-order chi connectivity index (χ0) is 26.7. The molecule has 0 saturated heterocycles. The SMILES string of the molecule is CNC(=O)C1(NC(=O)C(=O)c2c(C)c(C(=O)ONc3ncccc3N=N)n3c2CC2CC23)CC(F)(F)C1. The van der Waals surface area contributed by atoms with Crippen LogP contribution < -0.4 is 16.1 Å². The zero-order valence-electron chi connectivity index (χ0n) is 19.9. The van der Waals surface area contributed by atoms with Crippen LogP contribution in [-0.2, 0) is 20.8 Å². The van der Waals surface area contributed by atoms with Crippen LogP contribution in [0, 0.1) is 18.4 Å². The van der Waals surface area contributed by atoms with E-state index in [4.69, 9.17) is 10.4 Å². The first-order valence-corrected chi connectivity index (χ1v) is 11.5. The normalized spacial score (nSPS) is 21.5. The van der Waals surface area contributed by atoms with Crippen LogP contribution in [0.5, 0.6) is 0 Å². The fourth-order valence-corrected chi connectivity index (χ4v) is 5.38. The van der Waals surface area contributed by atoms with E-state index in [-0.39, 0.29) is 40.3 Å². The molecule has 3 aliphatic rings. The molecule has 14 heteroatoms. The Morgan fingerprint density at radius 3 is 2.65 bits per heavy atom. The zero-order valence-corrected chi connectivity index (χ0v) is 19.9. The largest absolute Gasteiger partial charge is 0.379 e. The number of nitrogens with one attached hydrogen (secondary N) is 4. The predicted molar refractivity (Wildman–Crippen MR) is 122 cm³/mol. The van der Waals surface area contributed by atoms with Gasteiger partial charge >= 0.3 is 5.97 Å². The number of carbonyl (C=O) groups excluding carboxylic acids is 4. The molecular weight excluding hydrogens is 492 g/mol. The van der Waals surface area contributed by atoms with Crippen molar-refractivity contribution in [2.24, 2.45) is 11.0 Å². The molecule has 37 heavy (non-hydrogen) atoms. The Morgan fingerprint density at radius 1 is 1.27 bits per heavy atom. The third-order valence-corrected chi connectivity index (χ3v) is 7.13. The van der Waals surface area contributed by atoms with E-state index in [2.05, 4.69) is 26.2 Å². The summed E-state index contributed by atoms with van der Waals surface area (Å²) in [5, 5.41) is 7.77. The van der Waals surface area contributed by atoms with Gasteiger partial charge < -0.3 is 20.0 Å². The Hall–Kier alpha value is -4.23. The molecule has 3 heterocycles. The quantitative estimate of drug-likeness (QED) is 0.181. The van der Waals surface area contributed by atoms with Gasteiger partial charge in [-0.15, -0.1) is 0 Å². The van der Waals surface area contributed by atoms with E-state index in [1.54, 1.807) is 10.6 Å². The van der Waals surface area contributed by atoms with Gasteiger partial charge in [-0.05, 0) is 43.4 Å². The van der Waals surface area contributed by atoms with Crippen molar-refractivity contribution in [2.75, 3.05) is 12.5 Å². The fourth-order valence-electron chi connectivity index (χ4n) is 5.38. The maximum absolute atomic E-state index is 13.6. The second-order valence-electron chi connectivity index (χ2n) is 9.56. The topological polar surface area (TPSA) is 168 Å². The van der Waals surface area contributed by atoms with Crippen LogP contribution >= 0.6 is 0 Å². The average molecular weight is 515 g/mol. The van der Waals surface area contributed by atoms with Gasteiger partial charge in [0.1, 0.15) is 16.9 Å². The molecule has 194 valence electrons. The highest BCUT2D eigenvalue weighted by Crippen LogP contribution is 2.54. The molecule has 0 bridgehead atoms. The van der Waals surface area contributed by atoms with Crippen molar-refractivity contribution in [1.82, 2.24) is 20.2 Å². The third kappa shape index (κ3) is 3.92. The molecule has 12 nitrogen and oxygen atoms in total. The Labute approximate surface area is 208 Å². The van der Waals surface area contributed by atoms with Crippen molar-refractivity contribution in [3.63, 3.8) is 0 Å². The van der Waals surface area contributed by atoms with Gasteiger partial charge in [0.25, 0.3) is 17.6 Å².